The summed E-state index contributed by atoms with van der Waals surface area (Å²) in [6.45, 7) is 4.38. The minimum absolute atomic E-state index is 0.404. The average molecular weight is 254 g/mol. The van der Waals surface area contributed by atoms with Gasteiger partial charge in [-0.3, -0.25) is 0 Å². The number of aromatic nitrogens is 2. The number of nitrogens with zero attached hydrogens (tertiary/aromatic N) is 2. The Kier molecular flexibility index (Phi) is 3.38. The summed E-state index contributed by atoms with van der Waals surface area (Å²) in [4.78, 5) is 0. The van der Waals surface area contributed by atoms with E-state index in [2.05, 4.69) is 42.8 Å². The minimum atomic E-state index is 0.404. The van der Waals surface area contributed by atoms with E-state index in [1.54, 1.807) is 0 Å². The van der Waals surface area contributed by atoms with Crippen LogP contribution in [-0.2, 0) is 0 Å². The number of para-hydroxylation sites is 1. The molecule has 1 radical (unpaired) electrons. The van der Waals surface area contributed by atoms with Crippen molar-refractivity contribution in [2.75, 3.05) is 0 Å². The number of rotatable bonds is 2. The fourth-order valence-corrected chi connectivity index (χ4v) is 2.80. The summed E-state index contributed by atoms with van der Waals surface area (Å²) in [7, 11) is 0. The van der Waals surface area contributed by atoms with E-state index in [0.29, 0.717) is 12.1 Å². The van der Waals surface area contributed by atoms with Crippen molar-refractivity contribution in [3.05, 3.63) is 54.2 Å². The van der Waals surface area contributed by atoms with Crippen LogP contribution in [0.1, 0.15) is 37.1 Å². The lowest BCUT2D eigenvalue weighted by molar-refractivity contribution is 0.394. The molecule has 1 saturated heterocycles. The zero-order chi connectivity index (χ0) is 13.2. The quantitative estimate of drug-likeness (QED) is 0.892. The van der Waals surface area contributed by atoms with Crippen LogP contribution in [0.15, 0.2) is 36.5 Å². The molecule has 0 amide bonds. The summed E-state index contributed by atoms with van der Waals surface area (Å²) >= 11 is 0. The smallest absolute Gasteiger partial charge is 0.0648 e. The van der Waals surface area contributed by atoms with Crippen LogP contribution in [0.5, 0.6) is 0 Å². The van der Waals surface area contributed by atoms with Crippen LogP contribution in [0, 0.1) is 13.3 Å². The van der Waals surface area contributed by atoms with Crippen LogP contribution < -0.4 is 5.32 Å². The van der Waals surface area contributed by atoms with E-state index < -0.39 is 0 Å². The number of benzene rings is 1. The first kappa shape index (κ1) is 12.4. The third kappa shape index (κ3) is 2.43. The molecule has 99 valence electrons. The molecule has 1 aromatic carbocycles. The third-order valence-corrected chi connectivity index (χ3v) is 3.83. The zero-order valence-electron chi connectivity index (χ0n) is 11.5. The largest absolute Gasteiger partial charge is 0.307 e. The highest BCUT2D eigenvalue weighted by atomic mass is 15.3. The highest BCUT2D eigenvalue weighted by Gasteiger charge is 2.23. The van der Waals surface area contributed by atoms with Crippen LogP contribution in [0.4, 0.5) is 0 Å². The number of piperidine rings is 1. The van der Waals surface area contributed by atoms with Crippen molar-refractivity contribution in [1.29, 1.82) is 0 Å². The molecule has 0 bridgehead atoms. The van der Waals surface area contributed by atoms with E-state index in [9.17, 15) is 0 Å². The Morgan fingerprint density at radius 2 is 2.00 bits per heavy atom. The average Bonchev–Trinajstić information content (AvgIpc) is 2.81. The predicted molar refractivity (Wildman–Crippen MR) is 77.2 cm³/mol. The second-order valence-corrected chi connectivity index (χ2v) is 5.31. The van der Waals surface area contributed by atoms with Gasteiger partial charge in [0.15, 0.2) is 0 Å². The Bertz CT molecular complexity index is 544. The van der Waals surface area contributed by atoms with Crippen molar-refractivity contribution in [1.82, 2.24) is 15.1 Å². The van der Waals surface area contributed by atoms with Crippen LogP contribution >= 0.6 is 0 Å². The van der Waals surface area contributed by atoms with Crippen LogP contribution in [0.2, 0.25) is 0 Å². The highest BCUT2D eigenvalue weighted by molar-refractivity contribution is 5.35. The Morgan fingerprint density at radius 1 is 1.21 bits per heavy atom. The molecule has 0 saturated carbocycles. The summed E-state index contributed by atoms with van der Waals surface area (Å²) in [6, 6.07) is 11.3. The van der Waals surface area contributed by atoms with Gasteiger partial charge < -0.3 is 5.32 Å². The molecule has 1 aliphatic rings. The van der Waals surface area contributed by atoms with Gasteiger partial charge in [-0.25, -0.2) is 4.68 Å². The van der Waals surface area contributed by atoms with Gasteiger partial charge in [0.1, 0.15) is 0 Å². The van der Waals surface area contributed by atoms with Gasteiger partial charge >= 0.3 is 0 Å². The summed E-state index contributed by atoms with van der Waals surface area (Å²) in [6.07, 6.45) is 6.63. The first-order valence-electron chi connectivity index (χ1n) is 6.93. The lowest BCUT2D eigenvalue weighted by Crippen LogP contribution is -2.35. The first-order valence-corrected chi connectivity index (χ1v) is 6.93. The molecule has 1 fully saturated rings. The van der Waals surface area contributed by atoms with Gasteiger partial charge in [0.05, 0.1) is 11.9 Å². The fraction of sp³-hybridized carbons (Fsp3) is 0.375. The van der Waals surface area contributed by atoms with E-state index in [-0.39, 0.29) is 0 Å². The molecular formula is C16H20N3. The highest BCUT2D eigenvalue weighted by Crippen LogP contribution is 2.27. The summed E-state index contributed by atoms with van der Waals surface area (Å²) in [5, 5.41) is 8.20. The van der Waals surface area contributed by atoms with Gasteiger partial charge in [0.25, 0.3) is 0 Å². The molecule has 2 unspecified atom stereocenters. The molecule has 2 heterocycles. The standard InChI is InChI=1S/C16H20N3/c1-12-7-6-10-16(18-12)15-11-17-19(13(15)2)14-8-4-3-5-9-14/h3-6,8-9,11-12,16,18H,7,10H2,1-2H3. The van der Waals surface area contributed by atoms with Crippen molar-refractivity contribution in [3.63, 3.8) is 0 Å². The third-order valence-electron chi connectivity index (χ3n) is 3.83. The zero-order valence-corrected chi connectivity index (χ0v) is 11.5. The predicted octanol–water partition coefficient (Wildman–Crippen LogP) is 3.20. The van der Waals surface area contributed by atoms with Crippen molar-refractivity contribution in [3.8, 4) is 5.69 Å². The molecule has 1 aromatic heterocycles. The van der Waals surface area contributed by atoms with Crippen molar-refractivity contribution >= 4 is 0 Å². The Hall–Kier alpha value is -1.61. The molecule has 1 aliphatic heterocycles. The van der Waals surface area contributed by atoms with Crippen LogP contribution in [0.25, 0.3) is 5.69 Å². The Balaban J connectivity index is 1.91. The van der Waals surface area contributed by atoms with Gasteiger partial charge in [-0.05, 0) is 45.2 Å². The van der Waals surface area contributed by atoms with E-state index >= 15 is 0 Å². The maximum absolute atomic E-state index is 4.55. The second kappa shape index (κ2) is 5.17. The molecule has 1 N–H and O–H groups in total. The number of hydrogen-bond donors (Lipinski definition) is 1. The summed E-state index contributed by atoms with van der Waals surface area (Å²) < 4.78 is 2.02. The van der Waals surface area contributed by atoms with Crippen molar-refractivity contribution < 1.29 is 0 Å². The van der Waals surface area contributed by atoms with Gasteiger partial charge in [0.2, 0.25) is 0 Å². The van der Waals surface area contributed by atoms with E-state index in [0.717, 1.165) is 18.5 Å². The first-order chi connectivity index (χ1) is 9.25. The molecule has 2 atom stereocenters. The van der Waals surface area contributed by atoms with Gasteiger partial charge in [-0.2, -0.15) is 5.10 Å². The lowest BCUT2D eigenvalue weighted by Gasteiger charge is -2.28. The fourth-order valence-electron chi connectivity index (χ4n) is 2.80. The Labute approximate surface area is 114 Å². The maximum Gasteiger partial charge on any atom is 0.0648 e. The molecule has 3 rings (SSSR count). The van der Waals surface area contributed by atoms with E-state index in [4.69, 9.17) is 0 Å². The topological polar surface area (TPSA) is 29.9 Å². The molecule has 3 heteroatoms. The number of nitrogens with one attached hydrogen (secondary N) is 1. The van der Waals surface area contributed by atoms with E-state index in [1.807, 2.05) is 29.1 Å². The van der Waals surface area contributed by atoms with Crippen molar-refractivity contribution in [2.24, 2.45) is 0 Å². The molecule has 0 aliphatic carbocycles. The molecule has 2 aromatic rings. The van der Waals surface area contributed by atoms with Crippen molar-refractivity contribution in [2.45, 2.75) is 38.8 Å². The van der Waals surface area contributed by atoms with Crippen LogP contribution in [0.3, 0.4) is 0 Å². The van der Waals surface area contributed by atoms with Gasteiger partial charge in [-0.1, -0.05) is 18.2 Å². The molecule has 3 nitrogen and oxygen atoms in total. The number of hydrogen-bond acceptors (Lipinski definition) is 2. The normalized spacial score (nSPS) is 23.5. The molecular weight excluding hydrogens is 234 g/mol. The van der Waals surface area contributed by atoms with Gasteiger partial charge in [0, 0.05) is 23.3 Å². The SMILES string of the molecule is Cc1c(C2C[CH]CC(C)N2)cnn1-c1ccccc1. The molecule has 0 spiro atoms. The monoisotopic (exact) mass is 254 g/mol. The van der Waals surface area contributed by atoms with Gasteiger partial charge in [-0.15, -0.1) is 0 Å². The minimum Gasteiger partial charge on any atom is -0.307 e. The Morgan fingerprint density at radius 3 is 2.74 bits per heavy atom. The lowest BCUT2D eigenvalue weighted by atomic mass is 9.94. The second-order valence-electron chi connectivity index (χ2n) is 5.31. The summed E-state index contributed by atoms with van der Waals surface area (Å²) in [5.74, 6) is 0. The van der Waals surface area contributed by atoms with Crippen LogP contribution in [-0.4, -0.2) is 15.8 Å². The van der Waals surface area contributed by atoms with E-state index in [1.165, 1.54) is 11.3 Å². The summed E-state index contributed by atoms with van der Waals surface area (Å²) in [5.41, 5.74) is 3.66. The molecule has 19 heavy (non-hydrogen) atoms. The maximum atomic E-state index is 4.55.